The van der Waals surface area contributed by atoms with Gasteiger partial charge in [0.2, 0.25) is 0 Å². The molecule has 0 radical (unpaired) electrons. The molecule has 0 aliphatic heterocycles. The number of nitrogens with zero attached hydrogens (tertiary/aromatic N) is 3. The molecule has 16 heavy (non-hydrogen) atoms. The molecule has 1 N–H and O–H groups in total. The van der Waals surface area contributed by atoms with Gasteiger partial charge in [0.1, 0.15) is 0 Å². The number of aryl methyl sites for hydroxylation is 1. The summed E-state index contributed by atoms with van der Waals surface area (Å²) in [4.78, 5) is 10.3. The number of hydrogen-bond acceptors (Lipinski definition) is 3. The average molecular weight is 223 g/mol. The van der Waals surface area contributed by atoms with Crippen molar-refractivity contribution in [2.75, 3.05) is 0 Å². The van der Waals surface area contributed by atoms with Crippen molar-refractivity contribution >= 4 is 5.97 Å². The lowest BCUT2D eigenvalue weighted by molar-refractivity contribution is -0.137. The molecule has 1 heterocycles. The highest BCUT2D eigenvalue weighted by Gasteiger charge is 2.22. The zero-order valence-corrected chi connectivity index (χ0v) is 9.30. The van der Waals surface area contributed by atoms with Gasteiger partial charge >= 0.3 is 5.97 Å². The predicted octanol–water partition coefficient (Wildman–Crippen LogP) is 1.49. The Kier molecular flexibility index (Phi) is 3.54. The van der Waals surface area contributed by atoms with Gasteiger partial charge in [-0.25, -0.2) is 0 Å². The van der Waals surface area contributed by atoms with Crippen LogP contribution in [0.15, 0.2) is 6.20 Å². The van der Waals surface area contributed by atoms with E-state index in [-0.39, 0.29) is 6.42 Å². The van der Waals surface area contributed by atoms with Crippen molar-refractivity contribution < 1.29 is 9.90 Å². The Bertz CT molecular complexity index is 358. The Morgan fingerprint density at radius 1 is 1.50 bits per heavy atom. The van der Waals surface area contributed by atoms with Crippen molar-refractivity contribution in [3.63, 3.8) is 0 Å². The van der Waals surface area contributed by atoms with E-state index in [1.54, 1.807) is 0 Å². The number of carbonyl (C=O) groups is 1. The van der Waals surface area contributed by atoms with Crippen molar-refractivity contribution in [1.29, 1.82) is 0 Å². The normalized spacial score (nSPS) is 15.2. The van der Waals surface area contributed by atoms with Crippen LogP contribution in [0.25, 0.3) is 0 Å². The minimum Gasteiger partial charge on any atom is -0.481 e. The molecule has 1 fully saturated rings. The number of unbranched alkanes of at least 4 members (excludes halogenated alkanes) is 1. The quantitative estimate of drug-likeness (QED) is 0.711. The molecule has 0 aromatic carbocycles. The molecule has 1 saturated carbocycles. The van der Waals surface area contributed by atoms with E-state index in [0.717, 1.165) is 31.0 Å². The molecule has 1 aliphatic rings. The standard InChI is InChI=1S/C11H17N3O2/c15-11(16)4-2-1-3-10-8-14(13-12-10)7-9-5-6-9/h8-9H,1-7H2,(H,15,16). The van der Waals surface area contributed by atoms with Crippen LogP contribution in [0.2, 0.25) is 0 Å². The smallest absolute Gasteiger partial charge is 0.303 e. The first-order valence-corrected chi connectivity index (χ1v) is 5.85. The zero-order valence-electron chi connectivity index (χ0n) is 9.30. The molecule has 0 atom stereocenters. The Balaban J connectivity index is 1.68. The van der Waals surface area contributed by atoms with Crippen LogP contribution in [0.1, 0.15) is 37.8 Å². The van der Waals surface area contributed by atoms with Gasteiger partial charge in [-0.1, -0.05) is 5.21 Å². The second-order valence-corrected chi connectivity index (χ2v) is 4.48. The second kappa shape index (κ2) is 5.09. The molecule has 0 unspecified atom stereocenters. The molecule has 2 rings (SSSR count). The van der Waals surface area contributed by atoms with Gasteiger partial charge in [0.15, 0.2) is 0 Å². The van der Waals surface area contributed by atoms with Crippen LogP contribution < -0.4 is 0 Å². The lowest BCUT2D eigenvalue weighted by atomic mass is 10.1. The van der Waals surface area contributed by atoms with E-state index in [9.17, 15) is 4.79 Å². The van der Waals surface area contributed by atoms with Crippen molar-refractivity contribution in [2.24, 2.45) is 5.92 Å². The van der Waals surface area contributed by atoms with Gasteiger partial charge in [-0.15, -0.1) is 5.10 Å². The van der Waals surface area contributed by atoms with E-state index in [1.165, 1.54) is 12.8 Å². The molecule has 0 bridgehead atoms. The molecule has 0 spiro atoms. The van der Waals surface area contributed by atoms with Gasteiger partial charge in [0.25, 0.3) is 0 Å². The van der Waals surface area contributed by atoms with Gasteiger partial charge in [-0.2, -0.15) is 0 Å². The van der Waals surface area contributed by atoms with Crippen molar-refractivity contribution in [2.45, 2.75) is 45.1 Å². The SMILES string of the molecule is O=C(O)CCCCc1cn(CC2CC2)nn1. The van der Waals surface area contributed by atoms with Gasteiger partial charge in [0, 0.05) is 19.2 Å². The highest BCUT2D eigenvalue weighted by Crippen LogP contribution is 2.30. The fourth-order valence-electron chi connectivity index (χ4n) is 1.69. The summed E-state index contributed by atoms with van der Waals surface area (Å²) in [5, 5.41) is 16.6. The molecule has 1 aliphatic carbocycles. The number of hydrogen-bond donors (Lipinski definition) is 1. The van der Waals surface area contributed by atoms with Gasteiger partial charge in [-0.05, 0) is 38.0 Å². The summed E-state index contributed by atoms with van der Waals surface area (Å²) >= 11 is 0. The first-order valence-electron chi connectivity index (χ1n) is 5.85. The third-order valence-electron chi connectivity index (χ3n) is 2.80. The van der Waals surface area contributed by atoms with E-state index in [4.69, 9.17) is 5.11 Å². The molecule has 0 saturated heterocycles. The van der Waals surface area contributed by atoms with Gasteiger partial charge in [-0.3, -0.25) is 9.48 Å². The van der Waals surface area contributed by atoms with Crippen LogP contribution in [0.3, 0.4) is 0 Å². The Morgan fingerprint density at radius 2 is 2.31 bits per heavy atom. The van der Waals surface area contributed by atoms with Gasteiger partial charge in [0.05, 0.1) is 5.69 Å². The van der Waals surface area contributed by atoms with E-state index in [2.05, 4.69) is 10.3 Å². The van der Waals surface area contributed by atoms with E-state index in [1.807, 2.05) is 10.9 Å². The summed E-state index contributed by atoms with van der Waals surface area (Å²) in [6.07, 6.45) is 7.27. The number of carboxylic acid groups (broad SMARTS) is 1. The largest absolute Gasteiger partial charge is 0.481 e. The fourth-order valence-corrected chi connectivity index (χ4v) is 1.69. The van der Waals surface area contributed by atoms with Crippen LogP contribution in [0.4, 0.5) is 0 Å². The van der Waals surface area contributed by atoms with Gasteiger partial charge < -0.3 is 5.11 Å². The second-order valence-electron chi connectivity index (χ2n) is 4.48. The third kappa shape index (κ3) is 3.64. The summed E-state index contributed by atoms with van der Waals surface area (Å²) in [5.74, 6) is 0.0824. The molecule has 5 heteroatoms. The average Bonchev–Trinajstić information content (AvgIpc) is 2.92. The molecular weight excluding hydrogens is 206 g/mol. The Morgan fingerprint density at radius 3 is 3.00 bits per heavy atom. The third-order valence-corrected chi connectivity index (χ3v) is 2.80. The van der Waals surface area contributed by atoms with Crippen LogP contribution in [0.5, 0.6) is 0 Å². The van der Waals surface area contributed by atoms with Crippen molar-refractivity contribution in [3.8, 4) is 0 Å². The number of rotatable bonds is 7. The Hall–Kier alpha value is -1.39. The minimum atomic E-state index is -0.725. The maximum Gasteiger partial charge on any atom is 0.303 e. The summed E-state index contributed by atoms with van der Waals surface area (Å²) in [7, 11) is 0. The molecule has 1 aromatic rings. The van der Waals surface area contributed by atoms with E-state index >= 15 is 0 Å². The minimum absolute atomic E-state index is 0.246. The number of carboxylic acids is 1. The van der Waals surface area contributed by atoms with E-state index < -0.39 is 5.97 Å². The summed E-state index contributed by atoms with van der Waals surface area (Å²) in [6, 6.07) is 0. The molecule has 0 amide bonds. The molecule has 1 aromatic heterocycles. The van der Waals surface area contributed by atoms with Crippen LogP contribution in [-0.4, -0.2) is 26.1 Å². The first-order chi connectivity index (χ1) is 7.74. The predicted molar refractivity (Wildman–Crippen MR) is 57.9 cm³/mol. The van der Waals surface area contributed by atoms with Crippen LogP contribution in [-0.2, 0) is 17.8 Å². The lowest BCUT2D eigenvalue weighted by Crippen LogP contribution is -1.99. The maximum absolute atomic E-state index is 10.3. The monoisotopic (exact) mass is 223 g/mol. The van der Waals surface area contributed by atoms with Crippen molar-refractivity contribution in [1.82, 2.24) is 15.0 Å². The zero-order chi connectivity index (χ0) is 11.4. The molecule has 5 nitrogen and oxygen atoms in total. The van der Waals surface area contributed by atoms with Crippen LogP contribution >= 0.6 is 0 Å². The Labute approximate surface area is 94.5 Å². The number of aromatic nitrogens is 3. The van der Waals surface area contributed by atoms with E-state index in [0.29, 0.717) is 6.42 Å². The summed E-state index contributed by atoms with van der Waals surface area (Å²) in [5.41, 5.74) is 0.978. The highest BCUT2D eigenvalue weighted by atomic mass is 16.4. The molecule has 88 valence electrons. The number of aliphatic carboxylic acids is 1. The lowest BCUT2D eigenvalue weighted by Gasteiger charge is -1.95. The topological polar surface area (TPSA) is 68.0 Å². The molecular formula is C11H17N3O2. The fraction of sp³-hybridized carbons (Fsp3) is 0.727. The maximum atomic E-state index is 10.3. The van der Waals surface area contributed by atoms with Crippen LogP contribution in [0, 0.1) is 5.92 Å². The summed E-state index contributed by atoms with van der Waals surface area (Å²) in [6.45, 7) is 0.988. The van der Waals surface area contributed by atoms with Crippen molar-refractivity contribution in [3.05, 3.63) is 11.9 Å². The first kappa shape index (κ1) is 11.1. The highest BCUT2D eigenvalue weighted by molar-refractivity contribution is 5.66. The summed E-state index contributed by atoms with van der Waals surface area (Å²) < 4.78 is 1.91.